The Balaban J connectivity index is 1.68. The van der Waals surface area contributed by atoms with Gasteiger partial charge in [0.15, 0.2) is 5.09 Å². The molecule has 0 aliphatic rings. The summed E-state index contributed by atoms with van der Waals surface area (Å²) >= 11 is 4.03. The third-order valence-electron chi connectivity index (χ3n) is 3.12. The van der Waals surface area contributed by atoms with E-state index in [-0.39, 0.29) is 5.57 Å². The van der Waals surface area contributed by atoms with Gasteiger partial charge in [-0.2, -0.15) is 14.6 Å². The van der Waals surface area contributed by atoms with E-state index in [2.05, 4.69) is 14.7 Å². The van der Waals surface area contributed by atoms with Crippen LogP contribution in [0.3, 0.4) is 0 Å². The number of nitrogens with one attached hydrogen (secondary N) is 1. The van der Waals surface area contributed by atoms with Crippen LogP contribution in [-0.2, 0) is 4.79 Å². The van der Waals surface area contributed by atoms with Crippen LogP contribution in [0.5, 0.6) is 0 Å². The van der Waals surface area contributed by atoms with E-state index in [9.17, 15) is 10.1 Å². The standard InChI is InChI=1S/C18H14N4O2S3/c1-2-25-18-21-17(27-22-18)20-16(23)12(11-19)10-13-8-9-15(24-13)26-14-6-4-3-5-7-14/h3-10H,2H2,1H3,(H,20,21,22,23)/b12-10-. The Labute approximate surface area is 168 Å². The van der Waals surface area contributed by atoms with Crippen LogP contribution in [0.25, 0.3) is 6.08 Å². The van der Waals surface area contributed by atoms with Crippen LogP contribution in [0.1, 0.15) is 12.7 Å². The third-order valence-corrected chi connectivity index (χ3v) is 5.52. The molecule has 0 fully saturated rings. The monoisotopic (exact) mass is 414 g/mol. The van der Waals surface area contributed by atoms with E-state index in [0.29, 0.717) is 21.1 Å². The molecule has 9 heteroatoms. The zero-order chi connectivity index (χ0) is 19.1. The molecule has 6 nitrogen and oxygen atoms in total. The van der Waals surface area contributed by atoms with Gasteiger partial charge >= 0.3 is 0 Å². The third kappa shape index (κ3) is 5.47. The smallest absolute Gasteiger partial charge is 0.268 e. The minimum absolute atomic E-state index is 0.0690. The van der Waals surface area contributed by atoms with E-state index in [0.717, 1.165) is 22.2 Å². The highest BCUT2D eigenvalue weighted by molar-refractivity contribution is 7.99. The van der Waals surface area contributed by atoms with Crippen molar-refractivity contribution in [1.29, 1.82) is 5.26 Å². The van der Waals surface area contributed by atoms with E-state index in [4.69, 9.17) is 4.42 Å². The van der Waals surface area contributed by atoms with Crippen molar-refractivity contribution in [2.45, 2.75) is 22.1 Å². The lowest BCUT2D eigenvalue weighted by Crippen LogP contribution is -2.13. The Morgan fingerprint density at radius 1 is 1.33 bits per heavy atom. The molecule has 2 aromatic heterocycles. The zero-order valence-corrected chi connectivity index (χ0v) is 16.7. The molecule has 0 saturated heterocycles. The summed E-state index contributed by atoms with van der Waals surface area (Å²) < 4.78 is 9.81. The lowest BCUT2D eigenvalue weighted by Gasteiger charge is -1.99. The predicted molar refractivity (Wildman–Crippen MR) is 108 cm³/mol. The van der Waals surface area contributed by atoms with Gasteiger partial charge in [-0.3, -0.25) is 10.1 Å². The van der Waals surface area contributed by atoms with Crippen molar-refractivity contribution in [3.05, 3.63) is 53.8 Å². The van der Waals surface area contributed by atoms with Crippen LogP contribution in [0, 0.1) is 11.3 Å². The number of aromatic nitrogens is 2. The molecular formula is C18H14N4O2S3. The second-order valence-corrected chi connectivity index (χ2v) is 8.07. The maximum atomic E-state index is 12.3. The molecule has 1 N–H and O–H groups in total. The predicted octanol–water partition coefficient (Wildman–Crippen LogP) is 4.94. The number of rotatable bonds is 7. The average Bonchev–Trinajstić information content (AvgIpc) is 3.30. The maximum absolute atomic E-state index is 12.3. The molecule has 3 rings (SSSR count). The van der Waals surface area contributed by atoms with Gasteiger partial charge in [0.1, 0.15) is 17.4 Å². The number of thioether (sulfide) groups is 1. The number of furan rings is 1. The molecule has 0 radical (unpaired) electrons. The SMILES string of the molecule is CCSc1nsc(NC(=O)/C(C#N)=C\c2ccc(Sc3ccccc3)o2)n1. The topological polar surface area (TPSA) is 91.8 Å². The van der Waals surface area contributed by atoms with E-state index in [1.54, 1.807) is 12.1 Å². The number of benzene rings is 1. The van der Waals surface area contributed by atoms with Gasteiger partial charge in [0, 0.05) is 22.5 Å². The highest BCUT2D eigenvalue weighted by atomic mass is 32.2. The van der Waals surface area contributed by atoms with Gasteiger partial charge in [0.05, 0.1) is 0 Å². The Morgan fingerprint density at radius 3 is 2.89 bits per heavy atom. The molecular weight excluding hydrogens is 400 g/mol. The molecule has 0 aliphatic heterocycles. The molecule has 0 aliphatic carbocycles. The van der Waals surface area contributed by atoms with Crippen molar-refractivity contribution in [1.82, 2.24) is 9.36 Å². The van der Waals surface area contributed by atoms with E-state index < -0.39 is 5.91 Å². The quantitative estimate of drug-likeness (QED) is 0.332. The van der Waals surface area contributed by atoms with Crippen molar-refractivity contribution in [3.63, 3.8) is 0 Å². The fraction of sp³-hybridized carbons (Fsp3) is 0.111. The van der Waals surface area contributed by atoms with Gasteiger partial charge < -0.3 is 4.42 Å². The molecule has 0 saturated carbocycles. The van der Waals surface area contributed by atoms with Crippen molar-refractivity contribution < 1.29 is 9.21 Å². The first-order valence-electron chi connectivity index (χ1n) is 7.90. The first-order valence-corrected chi connectivity index (χ1v) is 10.5. The highest BCUT2D eigenvalue weighted by Crippen LogP contribution is 2.29. The van der Waals surface area contributed by atoms with Crippen LogP contribution in [0.2, 0.25) is 0 Å². The summed E-state index contributed by atoms with van der Waals surface area (Å²) in [7, 11) is 0. The van der Waals surface area contributed by atoms with Crippen LogP contribution < -0.4 is 5.32 Å². The summed E-state index contributed by atoms with van der Waals surface area (Å²) in [6, 6.07) is 15.2. The number of anilines is 1. The number of amides is 1. The fourth-order valence-electron chi connectivity index (χ4n) is 1.98. The summed E-state index contributed by atoms with van der Waals surface area (Å²) in [5, 5.41) is 13.5. The summed E-state index contributed by atoms with van der Waals surface area (Å²) in [6.07, 6.45) is 1.41. The normalized spacial score (nSPS) is 11.2. The highest BCUT2D eigenvalue weighted by Gasteiger charge is 2.14. The molecule has 0 bridgehead atoms. The summed E-state index contributed by atoms with van der Waals surface area (Å²) in [5.41, 5.74) is -0.0690. The van der Waals surface area contributed by atoms with Gasteiger partial charge in [0.2, 0.25) is 10.3 Å². The molecule has 0 spiro atoms. The Bertz CT molecular complexity index is 989. The largest absolute Gasteiger partial charge is 0.450 e. The van der Waals surface area contributed by atoms with E-state index in [1.807, 2.05) is 43.3 Å². The van der Waals surface area contributed by atoms with Crippen LogP contribution in [-0.4, -0.2) is 21.0 Å². The molecule has 136 valence electrons. The molecule has 3 aromatic rings. The lowest BCUT2D eigenvalue weighted by molar-refractivity contribution is -0.112. The number of hydrogen-bond acceptors (Lipinski definition) is 8. The number of nitriles is 1. The van der Waals surface area contributed by atoms with Gasteiger partial charge in [0.25, 0.3) is 5.91 Å². The molecule has 1 amide bonds. The fourth-order valence-corrected chi connectivity index (χ4v) is 4.04. The first-order chi connectivity index (χ1) is 13.2. The number of carbonyl (C=O) groups is 1. The number of hydrogen-bond donors (Lipinski definition) is 1. The van der Waals surface area contributed by atoms with Gasteiger partial charge in [-0.05, 0) is 30.0 Å². The second-order valence-electron chi connectivity index (χ2n) is 5.01. The zero-order valence-electron chi connectivity index (χ0n) is 14.2. The first kappa shape index (κ1) is 19.2. The molecule has 2 heterocycles. The minimum atomic E-state index is -0.546. The Kier molecular flexibility index (Phi) is 6.70. The Morgan fingerprint density at radius 2 is 2.15 bits per heavy atom. The van der Waals surface area contributed by atoms with Crippen molar-refractivity contribution in [2.75, 3.05) is 11.1 Å². The maximum Gasteiger partial charge on any atom is 0.268 e. The summed E-state index contributed by atoms with van der Waals surface area (Å²) in [4.78, 5) is 17.5. The van der Waals surface area contributed by atoms with Gasteiger partial charge in [-0.1, -0.05) is 48.6 Å². The summed E-state index contributed by atoms with van der Waals surface area (Å²) in [6.45, 7) is 1.99. The lowest BCUT2D eigenvalue weighted by atomic mass is 10.2. The van der Waals surface area contributed by atoms with Crippen molar-refractivity contribution in [2.24, 2.45) is 0 Å². The van der Waals surface area contributed by atoms with E-state index >= 15 is 0 Å². The van der Waals surface area contributed by atoms with Crippen molar-refractivity contribution in [3.8, 4) is 6.07 Å². The number of nitrogens with zero attached hydrogens (tertiary/aromatic N) is 3. The summed E-state index contributed by atoms with van der Waals surface area (Å²) in [5.74, 6) is 0.727. The van der Waals surface area contributed by atoms with Gasteiger partial charge in [-0.15, -0.1) is 0 Å². The van der Waals surface area contributed by atoms with Gasteiger partial charge in [-0.25, -0.2) is 0 Å². The van der Waals surface area contributed by atoms with Crippen LogP contribution >= 0.6 is 35.1 Å². The molecule has 0 atom stereocenters. The average molecular weight is 415 g/mol. The Hall–Kier alpha value is -2.54. The second kappa shape index (κ2) is 9.41. The number of carbonyl (C=O) groups excluding carboxylic acids is 1. The molecule has 1 aromatic carbocycles. The van der Waals surface area contributed by atoms with Crippen LogP contribution in [0.4, 0.5) is 5.13 Å². The van der Waals surface area contributed by atoms with Crippen molar-refractivity contribution >= 4 is 52.2 Å². The minimum Gasteiger partial charge on any atom is -0.450 e. The molecule has 0 unspecified atom stereocenters. The van der Waals surface area contributed by atoms with E-state index in [1.165, 1.54) is 29.6 Å². The van der Waals surface area contributed by atoms with Crippen LogP contribution in [0.15, 0.2) is 67.6 Å². The molecule has 27 heavy (non-hydrogen) atoms.